The van der Waals surface area contributed by atoms with Crippen molar-refractivity contribution in [3.8, 4) is 57.0 Å². The van der Waals surface area contributed by atoms with Crippen LogP contribution in [0.4, 0.5) is 0 Å². The van der Waals surface area contributed by atoms with Gasteiger partial charge < -0.3 is 8.98 Å². The van der Waals surface area contributed by atoms with E-state index in [4.69, 9.17) is 19.4 Å². The molecule has 14 rings (SSSR count). The summed E-state index contributed by atoms with van der Waals surface area (Å²) in [4.78, 5) is 15.7. The number of para-hydroxylation sites is 3. The number of benzene rings is 7. The Bertz CT molecular complexity index is 3430. The van der Waals surface area contributed by atoms with Gasteiger partial charge >= 0.3 is 0 Å². The Morgan fingerprint density at radius 2 is 1.16 bits per heavy atom. The first kappa shape index (κ1) is 35.4. The van der Waals surface area contributed by atoms with E-state index in [9.17, 15) is 5.26 Å². The van der Waals surface area contributed by atoms with Crippen LogP contribution >= 0.6 is 0 Å². The molecule has 4 saturated carbocycles. The number of hydrogen-bond donors (Lipinski definition) is 0. The molecule has 6 nitrogen and oxygen atoms in total. The summed E-state index contributed by atoms with van der Waals surface area (Å²) in [7, 11) is 0. The maximum atomic E-state index is 9.91. The second kappa shape index (κ2) is 13.6. The minimum atomic E-state index is 0.335. The SMILES string of the molecule is N#Cc1cccc(-c2nc(-c3ccc4c5ccccc5n(-c5ccccc5)c4c3)nc(-c3cc(-c4ccc(C56CC7CC(CC(C7)C5)C6)cc4)cc4c3oc3ccccc34)n2)c1. The first-order chi connectivity index (χ1) is 30.6. The number of aromatic nitrogens is 4. The lowest BCUT2D eigenvalue weighted by molar-refractivity contribution is -0.00518. The van der Waals surface area contributed by atoms with Crippen LogP contribution in [0.25, 0.3) is 94.7 Å². The molecule has 0 atom stereocenters. The lowest BCUT2D eigenvalue weighted by Gasteiger charge is -2.57. The van der Waals surface area contributed by atoms with Gasteiger partial charge in [0.1, 0.15) is 11.2 Å². The molecule has 296 valence electrons. The zero-order chi connectivity index (χ0) is 40.9. The molecule has 0 N–H and O–H groups in total. The molecule has 3 heterocycles. The number of fused-ring (bicyclic) bond motifs is 6. The Morgan fingerprint density at radius 1 is 0.516 bits per heavy atom. The van der Waals surface area contributed by atoms with Crippen LogP contribution in [0.15, 0.2) is 162 Å². The molecule has 0 amide bonds. The molecule has 4 aliphatic carbocycles. The summed E-state index contributed by atoms with van der Waals surface area (Å²) in [6, 6.07) is 57.5. The minimum absolute atomic E-state index is 0.335. The van der Waals surface area contributed by atoms with Crippen LogP contribution in [0, 0.1) is 29.1 Å². The van der Waals surface area contributed by atoms with Crippen molar-refractivity contribution in [2.24, 2.45) is 17.8 Å². The zero-order valence-corrected chi connectivity index (χ0v) is 34.1. The maximum absolute atomic E-state index is 9.91. The number of rotatable bonds is 6. The minimum Gasteiger partial charge on any atom is -0.455 e. The molecule has 7 aromatic carbocycles. The van der Waals surface area contributed by atoms with Crippen molar-refractivity contribution in [2.45, 2.75) is 43.9 Å². The number of furan rings is 1. The van der Waals surface area contributed by atoms with Crippen LogP contribution in [0.1, 0.15) is 49.7 Å². The van der Waals surface area contributed by atoms with E-state index >= 15 is 0 Å². The number of hydrogen-bond acceptors (Lipinski definition) is 5. The largest absolute Gasteiger partial charge is 0.455 e. The molecule has 0 unspecified atom stereocenters. The Balaban J connectivity index is 1.01. The normalized spacial score (nSPS) is 20.4. The molecule has 0 spiro atoms. The second-order valence-electron chi connectivity index (χ2n) is 18.2. The Morgan fingerprint density at radius 3 is 1.92 bits per heavy atom. The monoisotopic (exact) mass is 799 g/mol. The third kappa shape index (κ3) is 5.58. The first-order valence-electron chi connectivity index (χ1n) is 22.0. The van der Waals surface area contributed by atoms with Crippen molar-refractivity contribution in [1.29, 1.82) is 5.26 Å². The summed E-state index contributed by atoms with van der Waals surface area (Å²) >= 11 is 0. The van der Waals surface area contributed by atoms with Gasteiger partial charge in [-0.3, -0.25) is 0 Å². The Labute approximate surface area is 359 Å². The van der Waals surface area contributed by atoms with Gasteiger partial charge in [0.25, 0.3) is 0 Å². The quantitative estimate of drug-likeness (QED) is 0.167. The fourth-order valence-electron chi connectivity index (χ4n) is 12.1. The van der Waals surface area contributed by atoms with Crippen molar-refractivity contribution < 1.29 is 4.42 Å². The van der Waals surface area contributed by atoms with E-state index < -0.39 is 0 Å². The van der Waals surface area contributed by atoms with Gasteiger partial charge in [-0.25, -0.2) is 15.0 Å². The maximum Gasteiger partial charge on any atom is 0.167 e. The summed E-state index contributed by atoms with van der Waals surface area (Å²) < 4.78 is 9.03. The third-order valence-corrected chi connectivity index (χ3v) is 14.4. The highest BCUT2D eigenvalue weighted by atomic mass is 16.3. The van der Waals surface area contributed by atoms with E-state index in [0.717, 1.165) is 89.6 Å². The Hall–Kier alpha value is -7.36. The molecule has 4 bridgehead atoms. The van der Waals surface area contributed by atoms with E-state index in [-0.39, 0.29) is 0 Å². The van der Waals surface area contributed by atoms with Gasteiger partial charge in [-0.15, -0.1) is 0 Å². The summed E-state index contributed by atoms with van der Waals surface area (Å²) in [5, 5.41) is 14.3. The molecule has 0 aliphatic heterocycles. The third-order valence-electron chi connectivity index (χ3n) is 14.4. The van der Waals surface area contributed by atoms with E-state index in [2.05, 4.69) is 126 Å². The fourth-order valence-corrected chi connectivity index (χ4v) is 12.1. The molecule has 4 aliphatic rings. The van der Waals surface area contributed by atoms with Crippen molar-refractivity contribution in [2.75, 3.05) is 0 Å². The summed E-state index contributed by atoms with van der Waals surface area (Å²) in [5.41, 5.74) is 11.8. The standard InChI is InChI=1S/C56H41N5O/c57-33-34-9-8-10-39(26-34)53-58-54(40-19-22-45-44-13-4-6-15-49(44)61(50(45)29-40)43-11-2-1-3-12-43)60-55(59-53)48-28-41(27-47-46-14-5-7-16-51(46)62-52(47)48)38-17-20-42(21-18-38)56-30-35-23-36(31-56)25-37(24-35)32-56/h1-22,26-29,35-37H,23-25,30-32H2. The number of nitriles is 1. The fraction of sp³-hybridized carbons (Fsp3) is 0.179. The number of nitrogens with zero attached hydrogens (tertiary/aromatic N) is 5. The molecular weight excluding hydrogens is 759 g/mol. The summed E-state index contributed by atoms with van der Waals surface area (Å²) in [6.07, 6.45) is 8.36. The molecule has 4 fully saturated rings. The first-order valence-corrected chi connectivity index (χ1v) is 22.0. The van der Waals surface area contributed by atoms with E-state index in [1.165, 1.54) is 49.5 Å². The van der Waals surface area contributed by atoms with Crippen LogP contribution in [-0.4, -0.2) is 19.5 Å². The second-order valence-corrected chi connectivity index (χ2v) is 18.2. The topological polar surface area (TPSA) is 80.5 Å². The molecule has 62 heavy (non-hydrogen) atoms. The van der Waals surface area contributed by atoms with Crippen LogP contribution in [-0.2, 0) is 5.41 Å². The van der Waals surface area contributed by atoms with Gasteiger partial charge in [0.05, 0.1) is 28.2 Å². The van der Waals surface area contributed by atoms with E-state index in [1.807, 2.05) is 36.4 Å². The van der Waals surface area contributed by atoms with Gasteiger partial charge in [0.15, 0.2) is 17.5 Å². The lowest BCUT2D eigenvalue weighted by atomic mass is 9.48. The van der Waals surface area contributed by atoms with Gasteiger partial charge in [-0.1, -0.05) is 103 Å². The molecule has 6 heteroatoms. The van der Waals surface area contributed by atoms with Gasteiger partial charge in [-0.2, -0.15) is 5.26 Å². The average molecular weight is 800 g/mol. The average Bonchev–Trinajstić information content (AvgIpc) is 3.86. The van der Waals surface area contributed by atoms with Gasteiger partial charge in [-0.05, 0) is 133 Å². The lowest BCUT2D eigenvalue weighted by Crippen LogP contribution is -2.48. The van der Waals surface area contributed by atoms with E-state index in [0.29, 0.717) is 28.5 Å². The zero-order valence-electron chi connectivity index (χ0n) is 34.1. The highest BCUT2D eigenvalue weighted by Gasteiger charge is 2.51. The van der Waals surface area contributed by atoms with Gasteiger partial charge in [0.2, 0.25) is 0 Å². The molecular formula is C56H41N5O. The highest BCUT2D eigenvalue weighted by molar-refractivity contribution is 6.12. The van der Waals surface area contributed by atoms with Crippen molar-refractivity contribution in [3.63, 3.8) is 0 Å². The predicted molar refractivity (Wildman–Crippen MR) is 248 cm³/mol. The molecule has 0 radical (unpaired) electrons. The smallest absolute Gasteiger partial charge is 0.167 e. The van der Waals surface area contributed by atoms with Crippen molar-refractivity contribution in [1.82, 2.24) is 19.5 Å². The van der Waals surface area contributed by atoms with Crippen molar-refractivity contribution in [3.05, 3.63) is 169 Å². The molecule has 10 aromatic rings. The van der Waals surface area contributed by atoms with Crippen molar-refractivity contribution >= 4 is 43.7 Å². The Kier molecular flexibility index (Phi) is 7.75. The predicted octanol–water partition coefficient (Wildman–Crippen LogP) is 13.9. The molecule has 3 aromatic heterocycles. The van der Waals surface area contributed by atoms with E-state index in [1.54, 1.807) is 6.07 Å². The molecule has 0 saturated heterocycles. The van der Waals surface area contributed by atoms with Crippen LogP contribution in [0.5, 0.6) is 0 Å². The highest BCUT2D eigenvalue weighted by Crippen LogP contribution is 2.61. The summed E-state index contributed by atoms with van der Waals surface area (Å²) in [5.74, 6) is 4.22. The van der Waals surface area contributed by atoms with Gasteiger partial charge in [0, 0.05) is 38.4 Å². The van der Waals surface area contributed by atoms with Crippen LogP contribution < -0.4 is 0 Å². The summed E-state index contributed by atoms with van der Waals surface area (Å²) in [6.45, 7) is 0. The van der Waals surface area contributed by atoms with Crippen LogP contribution in [0.2, 0.25) is 0 Å². The van der Waals surface area contributed by atoms with Crippen LogP contribution in [0.3, 0.4) is 0 Å².